The van der Waals surface area contributed by atoms with E-state index in [1.165, 1.54) is 12.1 Å². The highest BCUT2D eigenvalue weighted by Gasteiger charge is 2.40. The summed E-state index contributed by atoms with van der Waals surface area (Å²) >= 11 is 0. The van der Waals surface area contributed by atoms with Crippen LogP contribution in [-0.4, -0.2) is 31.7 Å². The first-order chi connectivity index (χ1) is 11.6. The molecule has 1 saturated carbocycles. The molecule has 1 aliphatic carbocycles. The number of sulfone groups is 1. The lowest BCUT2D eigenvalue weighted by Gasteiger charge is -2.27. The third-order valence-corrected chi connectivity index (χ3v) is 6.03. The zero-order chi connectivity index (χ0) is 18.7. The molecule has 0 heterocycles. The zero-order valence-corrected chi connectivity index (χ0v) is 15.5. The second kappa shape index (κ2) is 7.56. The molecule has 0 spiro atoms. The van der Waals surface area contributed by atoms with Gasteiger partial charge in [0.2, 0.25) is 5.91 Å². The summed E-state index contributed by atoms with van der Waals surface area (Å²) in [6.07, 6.45) is 5.61. The fourth-order valence-electron chi connectivity index (χ4n) is 3.34. The first-order valence-electron chi connectivity index (χ1n) is 8.48. The molecule has 2 N–H and O–H groups in total. The van der Waals surface area contributed by atoms with Crippen LogP contribution in [0.5, 0.6) is 0 Å². The minimum Gasteiger partial charge on any atom is -0.481 e. The Kier molecular flexibility index (Phi) is 5.87. The van der Waals surface area contributed by atoms with Gasteiger partial charge < -0.3 is 10.4 Å². The van der Waals surface area contributed by atoms with E-state index in [4.69, 9.17) is 0 Å². The summed E-state index contributed by atoms with van der Waals surface area (Å²) in [6.45, 7) is 1.76. The Hall–Kier alpha value is -1.89. The molecule has 1 amide bonds. The molecule has 2 rings (SSSR count). The molecule has 0 aromatic heterocycles. The van der Waals surface area contributed by atoms with Gasteiger partial charge in [-0.15, -0.1) is 0 Å². The van der Waals surface area contributed by atoms with Gasteiger partial charge in [0.1, 0.15) is 0 Å². The molecule has 0 atom stereocenters. The van der Waals surface area contributed by atoms with Crippen LogP contribution in [0.25, 0.3) is 0 Å². The van der Waals surface area contributed by atoms with E-state index in [1.807, 2.05) is 0 Å². The number of aliphatic carboxylic acids is 1. The minimum atomic E-state index is -3.38. The highest BCUT2D eigenvalue weighted by Crippen LogP contribution is 2.38. The van der Waals surface area contributed by atoms with Crippen LogP contribution in [0.2, 0.25) is 0 Å². The number of amides is 1. The Balaban J connectivity index is 2.20. The van der Waals surface area contributed by atoms with E-state index in [1.54, 1.807) is 13.0 Å². The Morgan fingerprint density at radius 3 is 2.28 bits per heavy atom. The first kappa shape index (κ1) is 19.4. The highest BCUT2D eigenvalue weighted by molar-refractivity contribution is 7.90. The van der Waals surface area contributed by atoms with Crippen LogP contribution in [0.15, 0.2) is 23.1 Å². The van der Waals surface area contributed by atoms with Crippen LogP contribution >= 0.6 is 0 Å². The average molecular weight is 367 g/mol. The number of benzene rings is 1. The average Bonchev–Trinajstić information content (AvgIpc) is 2.75. The van der Waals surface area contributed by atoms with E-state index in [9.17, 15) is 23.1 Å². The number of hydrogen-bond donors (Lipinski definition) is 2. The molecule has 138 valence electrons. The van der Waals surface area contributed by atoms with Crippen LogP contribution in [0.3, 0.4) is 0 Å². The van der Waals surface area contributed by atoms with Crippen molar-refractivity contribution in [1.82, 2.24) is 0 Å². The number of hydrogen-bond acceptors (Lipinski definition) is 4. The molecular weight excluding hydrogens is 342 g/mol. The van der Waals surface area contributed by atoms with Crippen molar-refractivity contribution in [1.29, 1.82) is 0 Å². The SMILES string of the molecule is Cc1ccc(S(C)(=O)=O)cc1NC(=O)CC1(C(=O)O)CCCCCC1. The summed E-state index contributed by atoms with van der Waals surface area (Å²) in [5.74, 6) is -1.32. The van der Waals surface area contributed by atoms with E-state index in [-0.39, 0.29) is 11.3 Å². The van der Waals surface area contributed by atoms with E-state index in [0.717, 1.165) is 37.5 Å². The number of carboxylic acids is 1. The highest BCUT2D eigenvalue weighted by atomic mass is 32.2. The van der Waals surface area contributed by atoms with Crippen LogP contribution in [-0.2, 0) is 19.4 Å². The van der Waals surface area contributed by atoms with Crippen LogP contribution < -0.4 is 5.32 Å². The maximum absolute atomic E-state index is 12.5. The van der Waals surface area contributed by atoms with Crippen molar-refractivity contribution < 1.29 is 23.1 Å². The summed E-state index contributed by atoms with van der Waals surface area (Å²) < 4.78 is 23.4. The summed E-state index contributed by atoms with van der Waals surface area (Å²) in [5.41, 5.74) is 0.108. The summed E-state index contributed by atoms with van der Waals surface area (Å²) in [7, 11) is -3.38. The normalized spacial score (nSPS) is 17.5. The van der Waals surface area contributed by atoms with Gasteiger partial charge in [-0.05, 0) is 37.5 Å². The summed E-state index contributed by atoms with van der Waals surface area (Å²) in [5, 5.41) is 12.4. The number of carboxylic acid groups (broad SMARTS) is 1. The van der Waals surface area contributed by atoms with Gasteiger partial charge in [-0.3, -0.25) is 9.59 Å². The van der Waals surface area contributed by atoms with Gasteiger partial charge in [0.25, 0.3) is 0 Å². The van der Waals surface area contributed by atoms with Crippen molar-refractivity contribution in [3.05, 3.63) is 23.8 Å². The molecule has 0 radical (unpaired) electrons. The van der Waals surface area contributed by atoms with Crippen molar-refractivity contribution >= 4 is 27.4 Å². The van der Waals surface area contributed by atoms with Gasteiger partial charge >= 0.3 is 5.97 Å². The van der Waals surface area contributed by atoms with Gasteiger partial charge in [-0.25, -0.2) is 8.42 Å². The fourth-order valence-corrected chi connectivity index (χ4v) is 3.99. The number of rotatable bonds is 5. The molecule has 0 unspecified atom stereocenters. The largest absolute Gasteiger partial charge is 0.481 e. The Labute approximate surface area is 148 Å². The second-order valence-electron chi connectivity index (χ2n) is 6.97. The predicted molar refractivity (Wildman–Crippen MR) is 95.3 cm³/mol. The quantitative estimate of drug-likeness (QED) is 0.779. The number of aryl methyl sites for hydroxylation is 1. The van der Waals surface area contributed by atoms with Crippen LogP contribution in [0, 0.1) is 12.3 Å². The predicted octanol–water partition coefficient (Wildman–Crippen LogP) is 3.15. The number of carbonyl (C=O) groups excluding carboxylic acids is 1. The third-order valence-electron chi connectivity index (χ3n) is 4.92. The van der Waals surface area contributed by atoms with Gasteiger partial charge in [0.05, 0.1) is 10.3 Å². The van der Waals surface area contributed by atoms with Gasteiger partial charge in [0.15, 0.2) is 9.84 Å². The Bertz CT molecular complexity index is 762. The van der Waals surface area contributed by atoms with E-state index >= 15 is 0 Å². The van der Waals surface area contributed by atoms with Gasteiger partial charge in [-0.2, -0.15) is 0 Å². The lowest BCUT2D eigenvalue weighted by atomic mass is 9.77. The number of carbonyl (C=O) groups is 2. The summed E-state index contributed by atoms with van der Waals surface area (Å²) in [6, 6.07) is 4.54. The lowest BCUT2D eigenvalue weighted by Crippen LogP contribution is -2.35. The van der Waals surface area contributed by atoms with Crippen molar-refractivity contribution in [3.63, 3.8) is 0 Å². The van der Waals surface area contributed by atoms with E-state index in [0.29, 0.717) is 18.5 Å². The van der Waals surface area contributed by atoms with Crippen LogP contribution in [0.1, 0.15) is 50.5 Å². The zero-order valence-electron chi connectivity index (χ0n) is 14.7. The topological polar surface area (TPSA) is 101 Å². The summed E-state index contributed by atoms with van der Waals surface area (Å²) in [4.78, 5) is 24.4. The number of nitrogens with one attached hydrogen (secondary N) is 1. The Morgan fingerprint density at radius 1 is 1.16 bits per heavy atom. The molecule has 25 heavy (non-hydrogen) atoms. The minimum absolute atomic E-state index is 0.0924. The fraction of sp³-hybridized carbons (Fsp3) is 0.556. The monoisotopic (exact) mass is 367 g/mol. The van der Waals surface area contributed by atoms with E-state index in [2.05, 4.69) is 5.32 Å². The molecule has 0 aliphatic heterocycles. The van der Waals surface area contributed by atoms with Gasteiger partial charge in [0, 0.05) is 18.4 Å². The van der Waals surface area contributed by atoms with Crippen molar-refractivity contribution in [2.45, 2.75) is 56.8 Å². The maximum atomic E-state index is 12.5. The third kappa shape index (κ3) is 4.81. The molecule has 1 aromatic carbocycles. The second-order valence-corrected chi connectivity index (χ2v) is 8.99. The van der Waals surface area contributed by atoms with Crippen molar-refractivity contribution in [3.8, 4) is 0 Å². The smallest absolute Gasteiger partial charge is 0.310 e. The molecule has 1 aromatic rings. The van der Waals surface area contributed by atoms with Crippen molar-refractivity contribution in [2.75, 3.05) is 11.6 Å². The first-order valence-corrected chi connectivity index (χ1v) is 10.4. The molecule has 1 fully saturated rings. The lowest BCUT2D eigenvalue weighted by molar-refractivity contribution is -0.152. The molecule has 0 bridgehead atoms. The van der Waals surface area contributed by atoms with Crippen LogP contribution in [0.4, 0.5) is 5.69 Å². The molecule has 6 nitrogen and oxygen atoms in total. The maximum Gasteiger partial charge on any atom is 0.310 e. The number of anilines is 1. The molecular formula is C18H25NO5S. The molecule has 1 aliphatic rings. The van der Waals surface area contributed by atoms with Crippen molar-refractivity contribution in [2.24, 2.45) is 5.41 Å². The molecule has 7 heteroatoms. The van der Waals surface area contributed by atoms with E-state index < -0.39 is 27.1 Å². The Morgan fingerprint density at radius 2 is 1.76 bits per heavy atom. The van der Waals surface area contributed by atoms with Gasteiger partial charge in [-0.1, -0.05) is 31.7 Å². The molecule has 0 saturated heterocycles. The standard InChI is InChI=1S/C18H25NO5S/c1-13-7-8-14(25(2,23)24)11-15(13)19-16(20)12-18(17(21)22)9-5-3-4-6-10-18/h7-8,11H,3-6,9-10,12H2,1-2H3,(H,19,20)(H,21,22).